The second-order valence-corrected chi connectivity index (χ2v) is 7.74. The zero-order valence-corrected chi connectivity index (χ0v) is 18.4. The van der Waals surface area contributed by atoms with Crippen LogP contribution in [0.4, 0.5) is 0 Å². The van der Waals surface area contributed by atoms with Crippen LogP contribution < -0.4 is 14.8 Å². The van der Waals surface area contributed by atoms with Crippen molar-refractivity contribution in [2.75, 3.05) is 33.9 Å². The van der Waals surface area contributed by atoms with Crippen LogP contribution in [0.15, 0.2) is 48.5 Å². The van der Waals surface area contributed by atoms with Gasteiger partial charge in [0.15, 0.2) is 11.5 Å². The molecular formula is C25H30N2O4. The maximum absolute atomic E-state index is 12.5. The van der Waals surface area contributed by atoms with Gasteiger partial charge in [-0.3, -0.25) is 9.59 Å². The molecule has 3 rings (SSSR count). The third-order valence-electron chi connectivity index (χ3n) is 5.72. The first-order chi connectivity index (χ1) is 15.0. The van der Waals surface area contributed by atoms with Crippen LogP contribution in [0.2, 0.25) is 0 Å². The highest BCUT2D eigenvalue weighted by molar-refractivity contribution is 5.95. The molecule has 0 atom stereocenters. The third-order valence-corrected chi connectivity index (χ3v) is 5.72. The van der Waals surface area contributed by atoms with Gasteiger partial charge in [0.05, 0.1) is 14.2 Å². The summed E-state index contributed by atoms with van der Waals surface area (Å²) in [5, 5.41) is 3.00. The van der Waals surface area contributed by atoms with Crippen molar-refractivity contribution in [2.45, 2.75) is 19.8 Å². The molecule has 0 aliphatic carbocycles. The Morgan fingerprint density at radius 1 is 1.06 bits per heavy atom. The Morgan fingerprint density at radius 2 is 1.77 bits per heavy atom. The number of ether oxygens (including phenoxy) is 2. The molecule has 0 spiro atoms. The van der Waals surface area contributed by atoms with Gasteiger partial charge in [0.1, 0.15) is 0 Å². The summed E-state index contributed by atoms with van der Waals surface area (Å²) in [7, 11) is 3.11. The van der Waals surface area contributed by atoms with Gasteiger partial charge in [-0.25, -0.2) is 0 Å². The third kappa shape index (κ3) is 5.87. The summed E-state index contributed by atoms with van der Waals surface area (Å²) in [6.07, 6.45) is 5.28. The molecule has 1 N–H and O–H groups in total. The number of hydrogen-bond donors (Lipinski definition) is 1. The molecule has 6 nitrogen and oxygen atoms in total. The van der Waals surface area contributed by atoms with Gasteiger partial charge in [0.25, 0.3) is 5.91 Å². The van der Waals surface area contributed by atoms with Crippen molar-refractivity contribution in [3.8, 4) is 11.5 Å². The molecule has 2 aromatic carbocycles. The van der Waals surface area contributed by atoms with E-state index in [1.54, 1.807) is 38.5 Å². The number of amides is 2. The second kappa shape index (κ2) is 10.7. The summed E-state index contributed by atoms with van der Waals surface area (Å²) in [6.45, 7) is 4.03. The highest BCUT2D eigenvalue weighted by Gasteiger charge is 2.22. The van der Waals surface area contributed by atoms with E-state index in [4.69, 9.17) is 9.47 Å². The Bertz CT molecular complexity index is 946. The fourth-order valence-corrected chi connectivity index (χ4v) is 3.71. The highest BCUT2D eigenvalue weighted by Crippen LogP contribution is 2.27. The summed E-state index contributed by atoms with van der Waals surface area (Å²) < 4.78 is 10.5. The number of piperidine rings is 1. The van der Waals surface area contributed by atoms with Gasteiger partial charge >= 0.3 is 0 Å². The second-order valence-electron chi connectivity index (χ2n) is 7.74. The minimum Gasteiger partial charge on any atom is -0.493 e. The number of benzene rings is 2. The Morgan fingerprint density at radius 3 is 2.45 bits per heavy atom. The first-order valence-corrected chi connectivity index (χ1v) is 10.5. The summed E-state index contributed by atoms with van der Waals surface area (Å²) in [6, 6.07) is 13.1. The van der Waals surface area contributed by atoms with E-state index in [2.05, 4.69) is 5.32 Å². The Kier molecular flexibility index (Phi) is 7.70. The van der Waals surface area contributed by atoms with Gasteiger partial charge < -0.3 is 19.7 Å². The van der Waals surface area contributed by atoms with Crippen molar-refractivity contribution in [2.24, 2.45) is 5.92 Å². The van der Waals surface area contributed by atoms with Gasteiger partial charge in [0.2, 0.25) is 5.91 Å². The van der Waals surface area contributed by atoms with Crippen LogP contribution in [0.25, 0.3) is 6.08 Å². The summed E-state index contributed by atoms with van der Waals surface area (Å²) in [5.41, 5.74) is 2.74. The van der Waals surface area contributed by atoms with Crippen LogP contribution in [-0.2, 0) is 4.79 Å². The van der Waals surface area contributed by atoms with Crippen LogP contribution in [0.1, 0.15) is 34.3 Å². The molecule has 0 saturated carbocycles. The number of rotatable bonds is 7. The molecule has 0 radical (unpaired) electrons. The van der Waals surface area contributed by atoms with E-state index >= 15 is 0 Å². The molecule has 6 heteroatoms. The SMILES string of the molecule is COc1ccc(C(=O)NCC2CCN(C(=O)/C=C/c3ccccc3C)CC2)cc1OC. The van der Waals surface area contributed by atoms with Gasteiger partial charge in [-0.2, -0.15) is 0 Å². The van der Waals surface area contributed by atoms with Gasteiger partial charge in [-0.15, -0.1) is 0 Å². The lowest BCUT2D eigenvalue weighted by Crippen LogP contribution is -2.41. The first-order valence-electron chi connectivity index (χ1n) is 10.5. The van der Waals surface area contributed by atoms with Crippen LogP contribution in [0.5, 0.6) is 11.5 Å². The fraction of sp³-hybridized carbons (Fsp3) is 0.360. The number of carbonyl (C=O) groups excluding carboxylic acids is 2. The first kappa shape index (κ1) is 22.4. The summed E-state index contributed by atoms with van der Waals surface area (Å²) in [5.74, 6) is 1.37. The molecule has 1 aliphatic rings. The molecule has 31 heavy (non-hydrogen) atoms. The number of nitrogens with one attached hydrogen (secondary N) is 1. The Hall–Kier alpha value is -3.28. The molecule has 164 valence electrons. The lowest BCUT2D eigenvalue weighted by Gasteiger charge is -2.31. The summed E-state index contributed by atoms with van der Waals surface area (Å²) >= 11 is 0. The average Bonchev–Trinajstić information content (AvgIpc) is 2.81. The number of methoxy groups -OCH3 is 2. The van der Waals surface area contributed by atoms with E-state index < -0.39 is 0 Å². The Balaban J connectivity index is 1.46. The van der Waals surface area contributed by atoms with E-state index in [1.807, 2.05) is 42.2 Å². The number of nitrogens with zero attached hydrogens (tertiary/aromatic N) is 1. The van der Waals surface area contributed by atoms with Crippen molar-refractivity contribution < 1.29 is 19.1 Å². The number of hydrogen-bond acceptors (Lipinski definition) is 4. The minimum atomic E-state index is -0.138. The molecule has 0 bridgehead atoms. The lowest BCUT2D eigenvalue weighted by atomic mass is 9.96. The van der Waals surface area contributed by atoms with Crippen LogP contribution in [0.3, 0.4) is 0 Å². The minimum absolute atomic E-state index is 0.0380. The highest BCUT2D eigenvalue weighted by atomic mass is 16.5. The van der Waals surface area contributed by atoms with Crippen molar-refractivity contribution in [3.63, 3.8) is 0 Å². The molecule has 1 aliphatic heterocycles. The Labute approximate surface area is 183 Å². The maximum Gasteiger partial charge on any atom is 0.251 e. The molecule has 0 unspecified atom stereocenters. The fourth-order valence-electron chi connectivity index (χ4n) is 3.71. The van der Waals surface area contributed by atoms with Gasteiger partial charge in [-0.1, -0.05) is 24.3 Å². The van der Waals surface area contributed by atoms with Crippen molar-refractivity contribution in [3.05, 3.63) is 65.2 Å². The van der Waals surface area contributed by atoms with E-state index in [0.717, 1.165) is 24.0 Å². The normalized spacial score (nSPS) is 14.5. The van der Waals surface area contributed by atoms with Crippen molar-refractivity contribution >= 4 is 17.9 Å². The predicted octanol–water partition coefficient (Wildman–Crippen LogP) is 3.69. The zero-order chi connectivity index (χ0) is 22.2. The zero-order valence-electron chi connectivity index (χ0n) is 18.4. The monoisotopic (exact) mass is 422 g/mol. The van der Waals surface area contributed by atoms with E-state index in [9.17, 15) is 9.59 Å². The predicted molar refractivity (Wildman–Crippen MR) is 121 cm³/mol. The largest absolute Gasteiger partial charge is 0.493 e. The van der Waals surface area contributed by atoms with Crippen LogP contribution in [-0.4, -0.2) is 50.6 Å². The smallest absolute Gasteiger partial charge is 0.251 e. The van der Waals surface area contributed by atoms with Crippen molar-refractivity contribution in [1.82, 2.24) is 10.2 Å². The molecular weight excluding hydrogens is 392 g/mol. The van der Waals surface area contributed by atoms with E-state index in [0.29, 0.717) is 42.6 Å². The van der Waals surface area contributed by atoms with Crippen LogP contribution >= 0.6 is 0 Å². The summed E-state index contributed by atoms with van der Waals surface area (Å²) in [4.78, 5) is 26.9. The molecule has 1 saturated heterocycles. The number of carbonyl (C=O) groups is 2. The lowest BCUT2D eigenvalue weighted by molar-refractivity contribution is -0.127. The number of aryl methyl sites for hydroxylation is 1. The van der Waals surface area contributed by atoms with Gasteiger partial charge in [0, 0.05) is 31.3 Å². The van der Waals surface area contributed by atoms with Gasteiger partial charge in [-0.05, 0) is 61.1 Å². The molecule has 2 amide bonds. The average molecular weight is 423 g/mol. The molecule has 1 fully saturated rings. The molecule has 0 aromatic heterocycles. The number of likely N-dealkylation sites (tertiary alicyclic amines) is 1. The van der Waals surface area contributed by atoms with Crippen LogP contribution in [0, 0.1) is 12.8 Å². The van der Waals surface area contributed by atoms with E-state index in [-0.39, 0.29) is 11.8 Å². The molecule has 2 aromatic rings. The molecule has 1 heterocycles. The standard InChI is InChI=1S/C25H30N2O4/c1-18-6-4-5-7-20(18)9-11-24(28)27-14-12-19(13-15-27)17-26-25(29)21-8-10-22(30-2)23(16-21)31-3/h4-11,16,19H,12-15,17H2,1-3H3,(H,26,29)/b11-9+. The maximum atomic E-state index is 12.5. The quantitative estimate of drug-likeness (QED) is 0.691. The van der Waals surface area contributed by atoms with E-state index in [1.165, 1.54) is 0 Å². The van der Waals surface area contributed by atoms with Crippen molar-refractivity contribution in [1.29, 1.82) is 0 Å². The topological polar surface area (TPSA) is 67.9 Å².